The molecule has 1 rings (SSSR count). The van der Waals surface area contributed by atoms with E-state index in [2.05, 4.69) is 13.0 Å². The molecule has 1 unspecified atom stereocenters. The summed E-state index contributed by atoms with van der Waals surface area (Å²) in [5.74, 6) is 1.13. The van der Waals surface area contributed by atoms with Crippen LogP contribution in [0.4, 0.5) is 0 Å². The number of thiophene rings is 1. The highest BCUT2D eigenvalue weighted by atomic mass is 32.2. The van der Waals surface area contributed by atoms with Crippen LogP contribution < -0.4 is 0 Å². The summed E-state index contributed by atoms with van der Waals surface area (Å²) >= 11 is 3.55. The highest BCUT2D eigenvalue weighted by Gasteiger charge is 2.11. The number of thioether (sulfide) groups is 1. The summed E-state index contributed by atoms with van der Waals surface area (Å²) < 4.78 is 1.29. The Labute approximate surface area is 118 Å². The minimum absolute atomic E-state index is 0.170. The number of aliphatic hydroxyl groups excluding tert-OH is 2. The summed E-state index contributed by atoms with van der Waals surface area (Å²) in [6.45, 7) is 3.81. The molecule has 1 heterocycles. The average molecular weight is 289 g/mol. The van der Waals surface area contributed by atoms with E-state index in [4.69, 9.17) is 5.11 Å². The van der Waals surface area contributed by atoms with Gasteiger partial charge in [-0.15, -0.1) is 23.1 Å². The Bertz CT molecular complexity index is 331. The molecule has 0 bridgehead atoms. The topological polar surface area (TPSA) is 43.7 Å². The summed E-state index contributed by atoms with van der Waals surface area (Å²) in [5, 5.41) is 18.9. The van der Waals surface area contributed by atoms with E-state index in [0.29, 0.717) is 6.54 Å². The van der Waals surface area contributed by atoms with E-state index >= 15 is 0 Å². The van der Waals surface area contributed by atoms with Gasteiger partial charge in [0.1, 0.15) is 0 Å². The van der Waals surface area contributed by atoms with Crippen molar-refractivity contribution in [1.82, 2.24) is 4.90 Å². The molecule has 0 saturated carbocycles. The monoisotopic (exact) mass is 289 g/mol. The van der Waals surface area contributed by atoms with Gasteiger partial charge in [0.25, 0.3) is 0 Å². The summed E-state index contributed by atoms with van der Waals surface area (Å²) in [6, 6.07) is 4.13. The lowest BCUT2D eigenvalue weighted by Gasteiger charge is -2.16. The van der Waals surface area contributed by atoms with Crippen molar-refractivity contribution in [3.8, 4) is 0 Å². The lowest BCUT2D eigenvalue weighted by molar-refractivity contribution is 0.144. The van der Waals surface area contributed by atoms with Crippen LogP contribution in [0.15, 0.2) is 16.3 Å². The maximum atomic E-state index is 10.1. The highest BCUT2D eigenvalue weighted by molar-refractivity contribution is 8.01. The first kappa shape index (κ1) is 16.0. The maximum absolute atomic E-state index is 10.1. The maximum Gasteiger partial charge on any atom is 0.0894 e. The number of hydrogen-bond acceptors (Lipinski definition) is 5. The Balaban J connectivity index is 2.36. The molecule has 0 aromatic carbocycles. The Morgan fingerprint density at radius 3 is 2.83 bits per heavy atom. The van der Waals surface area contributed by atoms with Crippen molar-refractivity contribution in [3.05, 3.63) is 17.0 Å². The van der Waals surface area contributed by atoms with Crippen molar-refractivity contribution in [3.63, 3.8) is 0 Å². The molecular weight excluding hydrogens is 266 g/mol. The first-order valence-electron chi connectivity index (χ1n) is 6.37. The van der Waals surface area contributed by atoms with Crippen molar-refractivity contribution in [1.29, 1.82) is 0 Å². The molecule has 0 radical (unpaired) electrons. The lowest BCUT2D eigenvalue weighted by atomic mass is 10.2. The van der Waals surface area contributed by atoms with Crippen LogP contribution in [-0.2, 0) is 0 Å². The van der Waals surface area contributed by atoms with E-state index in [1.54, 1.807) is 11.3 Å². The van der Waals surface area contributed by atoms with Crippen LogP contribution in [0.2, 0.25) is 0 Å². The third-order valence-electron chi connectivity index (χ3n) is 2.64. The number of aliphatic hydroxyl groups is 2. The van der Waals surface area contributed by atoms with E-state index in [0.717, 1.165) is 23.6 Å². The summed E-state index contributed by atoms with van der Waals surface area (Å²) in [7, 11) is 1.96. The normalized spacial score (nSPS) is 13.2. The Morgan fingerprint density at radius 2 is 2.17 bits per heavy atom. The largest absolute Gasteiger partial charge is 0.395 e. The molecular formula is C13H23NO2S2. The molecule has 3 nitrogen and oxygen atoms in total. The second-order valence-electron chi connectivity index (χ2n) is 4.34. The van der Waals surface area contributed by atoms with Crippen molar-refractivity contribution in [2.75, 3.05) is 32.5 Å². The van der Waals surface area contributed by atoms with Gasteiger partial charge in [-0.1, -0.05) is 6.92 Å². The molecule has 18 heavy (non-hydrogen) atoms. The van der Waals surface area contributed by atoms with Gasteiger partial charge in [0.2, 0.25) is 0 Å². The van der Waals surface area contributed by atoms with Gasteiger partial charge in [-0.3, -0.25) is 0 Å². The van der Waals surface area contributed by atoms with E-state index < -0.39 is 0 Å². The van der Waals surface area contributed by atoms with Gasteiger partial charge >= 0.3 is 0 Å². The minimum Gasteiger partial charge on any atom is -0.395 e. The Kier molecular flexibility index (Phi) is 7.93. The van der Waals surface area contributed by atoms with Crippen LogP contribution >= 0.6 is 23.1 Å². The molecule has 0 spiro atoms. The molecule has 5 heteroatoms. The zero-order valence-corrected chi connectivity index (χ0v) is 12.8. The third-order valence-corrected chi connectivity index (χ3v) is 5.26. The molecule has 1 atom stereocenters. The zero-order valence-electron chi connectivity index (χ0n) is 11.1. The van der Waals surface area contributed by atoms with Crippen LogP contribution in [0.5, 0.6) is 0 Å². The molecule has 0 fully saturated rings. The number of nitrogens with zero attached hydrogens (tertiary/aromatic N) is 1. The molecule has 0 aliphatic rings. The van der Waals surface area contributed by atoms with Gasteiger partial charge in [0, 0.05) is 18.0 Å². The first-order valence-corrected chi connectivity index (χ1v) is 8.17. The van der Waals surface area contributed by atoms with Crippen LogP contribution in [0.1, 0.15) is 30.7 Å². The van der Waals surface area contributed by atoms with Crippen LogP contribution in [0.25, 0.3) is 0 Å². The molecule has 0 amide bonds. The standard InChI is InChI=1S/C13H23NO2S2/c1-3-10-17-13-5-4-12(18-13)11(16)6-7-14(2)8-9-15/h4-5,11,15-16H,3,6-10H2,1-2H3. The van der Waals surface area contributed by atoms with Gasteiger partial charge in [0.15, 0.2) is 0 Å². The number of rotatable bonds is 9. The summed E-state index contributed by atoms with van der Waals surface area (Å²) in [4.78, 5) is 3.08. The van der Waals surface area contributed by atoms with E-state index in [-0.39, 0.29) is 12.7 Å². The Morgan fingerprint density at radius 1 is 1.39 bits per heavy atom. The third kappa shape index (κ3) is 5.71. The first-order chi connectivity index (χ1) is 8.67. The predicted molar refractivity (Wildman–Crippen MR) is 79.5 cm³/mol. The molecule has 0 aliphatic carbocycles. The van der Waals surface area contributed by atoms with Gasteiger partial charge in [-0.2, -0.15) is 0 Å². The lowest BCUT2D eigenvalue weighted by Crippen LogP contribution is -2.24. The van der Waals surface area contributed by atoms with Gasteiger partial charge < -0.3 is 15.1 Å². The average Bonchev–Trinajstić information content (AvgIpc) is 2.82. The van der Waals surface area contributed by atoms with Crippen LogP contribution in [-0.4, -0.2) is 47.6 Å². The van der Waals surface area contributed by atoms with Gasteiger partial charge in [-0.25, -0.2) is 0 Å². The van der Waals surface area contributed by atoms with E-state index in [1.807, 2.05) is 29.8 Å². The molecule has 1 aromatic heterocycles. The SMILES string of the molecule is CCCSc1ccc(C(O)CCN(C)CCO)s1. The highest BCUT2D eigenvalue weighted by Crippen LogP contribution is 2.32. The van der Waals surface area contributed by atoms with Crippen LogP contribution in [0, 0.1) is 0 Å². The second-order valence-corrected chi connectivity index (χ2v) is 6.85. The van der Waals surface area contributed by atoms with Crippen molar-refractivity contribution in [2.24, 2.45) is 0 Å². The number of likely N-dealkylation sites (N-methyl/N-ethyl adjacent to an activating group) is 1. The molecule has 2 N–H and O–H groups in total. The molecule has 0 saturated heterocycles. The van der Waals surface area contributed by atoms with E-state index in [9.17, 15) is 5.11 Å². The van der Waals surface area contributed by atoms with Crippen molar-refractivity contribution >= 4 is 23.1 Å². The fourth-order valence-corrected chi connectivity index (χ4v) is 3.66. The number of hydrogen-bond donors (Lipinski definition) is 2. The molecule has 1 aromatic rings. The van der Waals surface area contributed by atoms with E-state index in [1.165, 1.54) is 10.6 Å². The van der Waals surface area contributed by atoms with Gasteiger partial charge in [0.05, 0.1) is 16.9 Å². The van der Waals surface area contributed by atoms with Crippen LogP contribution in [0.3, 0.4) is 0 Å². The summed E-state index contributed by atoms with van der Waals surface area (Å²) in [6.07, 6.45) is 1.51. The second kappa shape index (κ2) is 8.93. The fourth-order valence-electron chi connectivity index (χ4n) is 1.56. The predicted octanol–water partition coefficient (Wildman–Crippen LogP) is 2.60. The zero-order chi connectivity index (χ0) is 13.4. The van der Waals surface area contributed by atoms with Crippen molar-refractivity contribution < 1.29 is 10.2 Å². The smallest absolute Gasteiger partial charge is 0.0894 e. The molecule has 104 valence electrons. The molecule has 0 aliphatic heterocycles. The summed E-state index contributed by atoms with van der Waals surface area (Å²) in [5.41, 5.74) is 0. The minimum atomic E-state index is -0.382. The van der Waals surface area contributed by atoms with Gasteiger partial charge in [-0.05, 0) is 37.8 Å². The quantitative estimate of drug-likeness (QED) is 0.686. The fraction of sp³-hybridized carbons (Fsp3) is 0.692. The Hall–Kier alpha value is -0.0700. The van der Waals surface area contributed by atoms with Crippen molar-refractivity contribution in [2.45, 2.75) is 30.1 Å².